The van der Waals surface area contributed by atoms with E-state index in [0.29, 0.717) is 27.5 Å². The van der Waals surface area contributed by atoms with Gasteiger partial charge in [0.05, 0.1) is 18.5 Å². The van der Waals surface area contributed by atoms with E-state index in [2.05, 4.69) is 17.4 Å². The molecule has 1 amide bonds. The fraction of sp³-hybridized carbons (Fsp3) is 0.107. The van der Waals surface area contributed by atoms with Crippen LogP contribution in [0, 0.1) is 0 Å². The average Bonchev–Trinajstić information content (AvgIpc) is 2.88. The number of anilines is 2. The molecule has 0 aliphatic rings. The van der Waals surface area contributed by atoms with Crippen molar-refractivity contribution in [3.8, 4) is 0 Å². The summed E-state index contributed by atoms with van der Waals surface area (Å²) in [6, 6.07) is 31.5. The van der Waals surface area contributed by atoms with Gasteiger partial charge in [-0.15, -0.1) is 11.8 Å². The maximum atomic E-state index is 12.8. The van der Waals surface area contributed by atoms with Gasteiger partial charge in [-0.3, -0.25) is 9.10 Å². The standard InChI is InChI=1S/C28H25ClN2O3S2/c1-36(33,34)31(19-23-7-5-6-10-27(23)29)25-17-13-22(14-18-25)28(32)30-24-15-11-21(12-16-24)20-35-26-8-3-2-4-9-26/h2-18H,19-20H2,1H3,(H,30,32). The molecule has 4 aromatic carbocycles. The first-order chi connectivity index (χ1) is 17.3. The Morgan fingerprint density at radius 2 is 1.50 bits per heavy atom. The number of benzene rings is 4. The Bertz CT molecular complexity index is 1430. The molecule has 4 aromatic rings. The first-order valence-electron chi connectivity index (χ1n) is 11.2. The molecule has 5 nitrogen and oxygen atoms in total. The molecular formula is C28H25ClN2O3S2. The van der Waals surface area contributed by atoms with E-state index in [1.54, 1.807) is 54.2 Å². The number of rotatable bonds is 9. The van der Waals surface area contributed by atoms with Crippen molar-refractivity contribution in [2.45, 2.75) is 17.2 Å². The summed E-state index contributed by atoms with van der Waals surface area (Å²) in [7, 11) is -3.57. The third-order valence-electron chi connectivity index (χ3n) is 5.45. The summed E-state index contributed by atoms with van der Waals surface area (Å²) in [6.07, 6.45) is 1.15. The van der Waals surface area contributed by atoms with Gasteiger partial charge in [0, 0.05) is 26.9 Å². The van der Waals surface area contributed by atoms with Crippen LogP contribution in [-0.4, -0.2) is 20.6 Å². The minimum atomic E-state index is -3.57. The molecule has 36 heavy (non-hydrogen) atoms. The van der Waals surface area contributed by atoms with Crippen LogP contribution in [0.25, 0.3) is 0 Å². The second-order valence-corrected chi connectivity index (χ2v) is 11.5. The quantitative estimate of drug-likeness (QED) is 0.237. The predicted octanol–water partition coefficient (Wildman–Crippen LogP) is 6.85. The first-order valence-corrected chi connectivity index (χ1v) is 14.4. The molecule has 0 saturated carbocycles. The number of hydrogen-bond donors (Lipinski definition) is 1. The normalized spacial score (nSPS) is 11.2. The summed E-state index contributed by atoms with van der Waals surface area (Å²) in [6.45, 7) is 0.0962. The van der Waals surface area contributed by atoms with Crippen molar-refractivity contribution in [1.29, 1.82) is 0 Å². The Labute approximate surface area is 221 Å². The van der Waals surface area contributed by atoms with E-state index >= 15 is 0 Å². The van der Waals surface area contributed by atoms with E-state index in [9.17, 15) is 13.2 Å². The number of carbonyl (C=O) groups is 1. The number of thioether (sulfide) groups is 1. The number of carbonyl (C=O) groups excluding carboxylic acids is 1. The van der Waals surface area contributed by atoms with E-state index in [-0.39, 0.29) is 12.5 Å². The molecule has 1 N–H and O–H groups in total. The largest absolute Gasteiger partial charge is 0.322 e. The van der Waals surface area contributed by atoms with Crippen LogP contribution in [0.5, 0.6) is 0 Å². The molecule has 4 rings (SSSR count). The second kappa shape index (κ2) is 11.6. The van der Waals surface area contributed by atoms with Crippen molar-refractivity contribution in [1.82, 2.24) is 0 Å². The summed E-state index contributed by atoms with van der Waals surface area (Å²) in [4.78, 5) is 14.0. The lowest BCUT2D eigenvalue weighted by atomic mass is 10.1. The fourth-order valence-electron chi connectivity index (χ4n) is 3.53. The van der Waals surface area contributed by atoms with Gasteiger partial charge in [0.15, 0.2) is 0 Å². The highest BCUT2D eigenvalue weighted by molar-refractivity contribution is 7.98. The SMILES string of the molecule is CS(=O)(=O)N(Cc1ccccc1Cl)c1ccc(C(=O)Nc2ccc(CSc3ccccc3)cc2)cc1. The Morgan fingerprint density at radius 3 is 2.14 bits per heavy atom. The molecule has 0 spiro atoms. The van der Waals surface area contributed by atoms with Crippen molar-refractivity contribution in [3.05, 3.63) is 125 Å². The molecule has 8 heteroatoms. The van der Waals surface area contributed by atoms with Crippen LogP contribution in [0.2, 0.25) is 5.02 Å². The number of nitrogens with one attached hydrogen (secondary N) is 1. The number of halogens is 1. The van der Waals surface area contributed by atoms with Gasteiger partial charge < -0.3 is 5.32 Å². The molecule has 0 fully saturated rings. The molecule has 0 aliphatic heterocycles. The third-order valence-corrected chi connectivity index (χ3v) is 8.04. The molecule has 0 bridgehead atoms. The highest BCUT2D eigenvalue weighted by Gasteiger charge is 2.19. The van der Waals surface area contributed by atoms with E-state index in [1.807, 2.05) is 48.5 Å². The molecule has 184 valence electrons. The fourth-order valence-corrected chi connectivity index (χ4v) is 5.48. The van der Waals surface area contributed by atoms with Crippen molar-refractivity contribution in [3.63, 3.8) is 0 Å². The second-order valence-electron chi connectivity index (χ2n) is 8.16. The molecule has 0 unspecified atom stereocenters. The maximum Gasteiger partial charge on any atom is 0.255 e. The van der Waals surface area contributed by atoms with Gasteiger partial charge >= 0.3 is 0 Å². The summed E-state index contributed by atoms with van der Waals surface area (Å²) in [5, 5.41) is 3.38. The maximum absolute atomic E-state index is 12.8. The van der Waals surface area contributed by atoms with Crippen molar-refractivity contribution in [2.24, 2.45) is 0 Å². The number of sulfonamides is 1. The zero-order chi connectivity index (χ0) is 25.5. The monoisotopic (exact) mass is 536 g/mol. The zero-order valence-electron chi connectivity index (χ0n) is 19.6. The Morgan fingerprint density at radius 1 is 0.861 bits per heavy atom. The topological polar surface area (TPSA) is 66.5 Å². The summed E-state index contributed by atoms with van der Waals surface area (Å²) >= 11 is 7.98. The van der Waals surface area contributed by atoms with Crippen LogP contribution in [-0.2, 0) is 22.3 Å². The van der Waals surface area contributed by atoms with Crippen molar-refractivity contribution >= 4 is 50.7 Å². The van der Waals surface area contributed by atoms with E-state index in [1.165, 1.54) is 9.20 Å². The summed E-state index contributed by atoms with van der Waals surface area (Å²) in [5.41, 5.74) is 3.42. The van der Waals surface area contributed by atoms with Crippen molar-refractivity contribution < 1.29 is 13.2 Å². The molecule has 0 heterocycles. The predicted molar refractivity (Wildman–Crippen MR) is 149 cm³/mol. The summed E-state index contributed by atoms with van der Waals surface area (Å²) in [5.74, 6) is 0.565. The van der Waals surface area contributed by atoms with Gasteiger partial charge in [0.2, 0.25) is 10.0 Å². The van der Waals surface area contributed by atoms with Gasteiger partial charge in [-0.05, 0) is 65.7 Å². The van der Waals surface area contributed by atoms with E-state index < -0.39 is 10.0 Å². The summed E-state index contributed by atoms with van der Waals surface area (Å²) < 4.78 is 26.2. The number of amides is 1. The van der Waals surface area contributed by atoms with Crippen LogP contribution in [0.1, 0.15) is 21.5 Å². The van der Waals surface area contributed by atoms with E-state index in [4.69, 9.17) is 11.6 Å². The van der Waals surface area contributed by atoms with Crippen LogP contribution >= 0.6 is 23.4 Å². The third kappa shape index (κ3) is 6.91. The lowest BCUT2D eigenvalue weighted by Gasteiger charge is -2.23. The average molecular weight is 537 g/mol. The van der Waals surface area contributed by atoms with Gasteiger partial charge in [-0.1, -0.05) is 60.1 Å². The minimum absolute atomic E-state index is 0.0962. The van der Waals surface area contributed by atoms with Gasteiger partial charge in [-0.2, -0.15) is 0 Å². The Hall–Kier alpha value is -3.26. The highest BCUT2D eigenvalue weighted by Crippen LogP contribution is 2.26. The lowest BCUT2D eigenvalue weighted by Crippen LogP contribution is -2.29. The molecule has 0 atom stereocenters. The number of hydrogen-bond acceptors (Lipinski definition) is 4. The van der Waals surface area contributed by atoms with E-state index in [0.717, 1.165) is 17.6 Å². The molecule has 0 saturated heterocycles. The van der Waals surface area contributed by atoms with Crippen LogP contribution < -0.4 is 9.62 Å². The number of nitrogens with zero attached hydrogens (tertiary/aromatic N) is 1. The Kier molecular flexibility index (Phi) is 8.36. The highest BCUT2D eigenvalue weighted by atomic mass is 35.5. The van der Waals surface area contributed by atoms with Gasteiger partial charge in [0.1, 0.15) is 0 Å². The van der Waals surface area contributed by atoms with Crippen LogP contribution in [0.3, 0.4) is 0 Å². The molecule has 0 aromatic heterocycles. The Balaban J connectivity index is 1.40. The van der Waals surface area contributed by atoms with Crippen LogP contribution in [0.4, 0.5) is 11.4 Å². The molecule has 0 radical (unpaired) electrons. The lowest BCUT2D eigenvalue weighted by molar-refractivity contribution is 0.102. The van der Waals surface area contributed by atoms with Crippen molar-refractivity contribution in [2.75, 3.05) is 15.9 Å². The first kappa shape index (κ1) is 25.8. The van der Waals surface area contributed by atoms with Crippen LogP contribution in [0.15, 0.2) is 108 Å². The minimum Gasteiger partial charge on any atom is -0.322 e. The van der Waals surface area contributed by atoms with Gasteiger partial charge in [0.25, 0.3) is 5.91 Å². The molecule has 0 aliphatic carbocycles. The molecular weight excluding hydrogens is 512 g/mol. The zero-order valence-corrected chi connectivity index (χ0v) is 22.0. The van der Waals surface area contributed by atoms with Gasteiger partial charge in [-0.25, -0.2) is 8.42 Å². The smallest absolute Gasteiger partial charge is 0.255 e.